The fourth-order valence-corrected chi connectivity index (χ4v) is 3.62. The second-order valence-electron chi connectivity index (χ2n) is 5.39. The van der Waals surface area contributed by atoms with Crippen LogP contribution in [0.25, 0.3) is 10.4 Å². The second-order valence-corrected chi connectivity index (χ2v) is 6.47. The van der Waals surface area contributed by atoms with Crippen LogP contribution in [0, 0.1) is 5.82 Å². The van der Waals surface area contributed by atoms with E-state index < -0.39 is 0 Å². The lowest BCUT2D eigenvalue weighted by atomic mass is 10.1. The van der Waals surface area contributed by atoms with Crippen molar-refractivity contribution in [3.8, 4) is 27.7 Å². The average molecular weight is 372 g/mol. The highest BCUT2D eigenvalue weighted by atomic mass is 32.1. The zero-order valence-electron chi connectivity index (χ0n) is 14.5. The van der Waals surface area contributed by atoms with Crippen LogP contribution < -0.4 is 14.2 Å². The molecule has 0 atom stereocenters. The number of hydrogen-bond donors (Lipinski definition) is 0. The molecule has 1 aromatic heterocycles. The van der Waals surface area contributed by atoms with Crippen molar-refractivity contribution < 1.29 is 23.4 Å². The third-order valence-electron chi connectivity index (χ3n) is 3.90. The quantitative estimate of drug-likeness (QED) is 0.583. The van der Waals surface area contributed by atoms with Gasteiger partial charge < -0.3 is 14.2 Å². The summed E-state index contributed by atoms with van der Waals surface area (Å²) in [6.07, 6.45) is 0. The summed E-state index contributed by atoms with van der Waals surface area (Å²) < 4.78 is 29.8. The Hall–Kier alpha value is -2.86. The minimum atomic E-state index is -0.318. The Morgan fingerprint density at radius 1 is 0.923 bits per heavy atom. The molecule has 0 saturated heterocycles. The summed E-state index contributed by atoms with van der Waals surface area (Å²) >= 11 is 1.24. The molecule has 0 aliphatic carbocycles. The summed E-state index contributed by atoms with van der Waals surface area (Å²) in [6, 6.07) is 13.1. The van der Waals surface area contributed by atoms with Crippen molar-refractivity contribution in [3.63, 3.8) is 0 Å². The fourth-order valence-electron chi connectivity index (χ4n) is 2.62. The molecule has 4 nitrogen and oxygen atoms in total. The lowest BCUT2D eigenvalue weighted by molar-refractivity contribution is 0.104. The van der Waals surface area contributed by atoms with E-state index in [0.29, 0.717) is 38.1 Å². The van der Waals surface area contributed by atoms with E-state index in [4.69, 9.17) is 14.2 Å². The van der Waals surface area contributed by atoms with Crippen molar-refractivity contribution >= 4 is 17.1 Å². The van der Waals surface area contributed by atoms with Gasteiger partial charge in [0.2, 0.25) is 11.5 Å². The average Bonchev–Trinajstić information content (AvgIpc) is 3.16. The maximum Gasteiger partial charge on any atom is 0.203 e. The van der Waals surface area contributed by atoms with Crippen LogP contribution in [-0.4, -0.2) is 27.1 Å². The number of carbonyl (C=O) groups is 1. The van der Waals surface area contributed by atoms with Crippen molar-refractivity contribution in [1.29, 1.82) is 0 Å². The van der Waals surface area contributed by atoms with Gasteiger partial charge >= 0.3 is 0 Å². The highest BCUT2D eigenvalue weighted by molar-refractivity contribution is 7.17. The molecule has 0 fully saturated rings. The predicted octanol–water partition coefficient (Wildman–Crippen LogP) is 4.81. The second kappa shape index (κ2) is 7.58. The van der Waals surface area contributed by atoms with E-state index >= 15 is 0 Å². The maximum atomic E-state index is 14.0. The fraction of sp³-hybridized carbons (Fsp3) is 0.150. The molecule has 6 heteroatoms. The lowest BCUT2D eigenvalue weighted by Gasteiger charge is -2.13. The number of thiophene rings is 1. The van der Waals surface area contributed by atoms with Gasteiger partial charge in [-0.3, -0.25) is 4.79 Å². The minimum absolute atomic E-state index is 0.197. The first-order valence-corrected chi connectivity index (χ1v) is 8.60. The molecule has 0 aliphatic heterocycles. The minimum Gasteiger partial charge on any atom is -0.493 e. The SMILES string of the molecule is COc1cc(C(=O)c2ccc(-c3ccccc3F)s2)cc(OC)c1OC. The van der Waals surface area contributed by atoms with E-state index in [1.807, 2.05) is 0 Å². The summed E-state index contributed by atoms with van der Waals surface area (Å²) in [5.41, 5.74) is 0.878. The third kappa shape index (κ3) is 3.28. The molecule has 0 unspecified atom stereocenters. The molecule has 0 N–H and O–H groups in total. The number of carbonyl (C=O) groups excluding carboxylic acids is 1. The van der Waals surface area contributed by atoms with Gasteiger partial charge in [-0.05, 0) is 30.3 Å². The summed E-state index contributed by atoms with van der Waals surface area (Å²) in [4.78, 5) is 14.1. The molecule has 1 heterocycles. The van der Waals surface area contributed by atoms with Crippen LogP contribution in [0.2, 0.25) is 0 Å². The Labute approximate surface area is 154 Å². The van der Waals surface area contributed by atoms with Gasteiger partial charge in [0.1, 0.15) is 5.82 Å². The van der Waals surface area contributed by atoms with Crippen molar-refractivity contribution in [2.24, 2.45) is 0 Å². The zero-order valence-corrected chi connectivity index (χ0v) is 15.4. The summed E-state index contributed by atoms with van der Waals surface area (Å²) in [6.45, 7) is 0. The molecular weight excluding hydrogens is 355 g/mol. The van der Waals surface area contributed by atoms with E-state index in [1.165, 1.54) is 38.7 Å². The molecule has 0 amide bonds. The number of rotatable bonds is 6. The third-order valence-corrected chi connectivity index (χ3v) is 5.01. The van der Waals surface area contributed by atoms with E-state index in [0.717, 1.165) is 0 Å². The molecular formula is C20H17FO4S. The van der Waals surface area contributed by atoms with Gasteiger partial charge in [0.25, 0.3) is 0 Å². The highest BCUT2D eigenvalue weighted by Crippen LogP contribution is 2.39. The summed E-state index contributed by atoms with van der Waals surface area (Å²) in [5, 5.41) is 0. The number of methoxy groups -OCH3 is 3. The van der Waals surface area contributed by atoms with Gasteiger partial charge in [-0.1, -0.05) is 18.2 Å². The molecule has 0 bridgehead atoms. The highest BCUT2D eigenvalue weighted by Gasteiger charge is 2.20. The first-order valence-electron chi connectivity index (χ1n) is 7.78. The topological polar surface area (TPSA) is 44.8 Å². The van der Waals surface area contributed by atoms with Gasteiger partial charge in [0.15, 0.2) is 11.5 Å². The van der Waals surface area contributed by atoms with Crippen LogP contribution in [0.5, 0.6) is 17.2 Å². The summed E-state index contributed by atoms with van der Waals surface area (Å²) in [5.74, 6) is 0.713. The molecule has 0 radical (unpaired) electrons. The Morgan fingerprint density at radius 3 is 2.15 bits per heavy atom. The van der Waals surface area contributed by atoms with Crippen LogP contribution in [0.15, 0.2) is 48.5 Å². The van der Waals surface area contributed by atoms with E-state index in [9.17, 15) is 9.18 Å². The number of halogens is 1. The number of ketones is 1. The predicted molar refractivity (Wildman–Crippen MR) is 99.2 cm³/mol. The molecule has 0 aliphatic rings. The van der Waals surface area contributed by atoms with Crippen LogP contribution in [0.4, 0.5) is 4.39 Å². The van der Waals surface area contributed by atoms with Crippen LogP contribution in [0.1, 0.15) is 15.2 Å². The smallest absolute Gasteiger partial charge is 0.203 e. The van der Waals surface area contributed by atoms with Crippen molar-refractivity contribution in [1.82, 2.24) is 0 Å². The number of benzene rings is 2. The number of hydrogen-bond acceptors (Lipinski definition) is 5. The van der Waals surface area contributed by atoms with Crippen LogP contribution in [0.3, 0.4) is 0 Å². The first-order chi connectivity index (χ1) is 12.6. The molecule has 26 heavy (non-hydrogen) atoms. The molecule has 2 aromatic carbocycles. The standard InChI is InChI=1S/C20H17FO4S/c1-23-15-10-12(11-16(24-2)20(15)25-3)19(22)18-9-8-17(26-18)13-6-4-5-7-14(13)21/h4-11H,1-3H3. The molecule has 0 spiro atoms. The van der Waals surface area contributed by atoms with E-state index in [1.54, 1.807) is 42.5 Å². The Kier molecular flexibility index (Phi) is 5.23. The Balaban J connectivity index is 1.99. The molecule has 134 valence electrons. The van der Waals surface area contributed by atoms with Crippen molar-refractivity contribution in [3.05, 3.63) is 64.8 Å². The summed E-state index contributed by atoms with van der Waals surface area (Å²) in [7, 11) is 4.49. The van der Waals surface area contributed by atoms with E-state index in [-0.39, 0.29) is 11.6 Å². The van der Waals surface area contributed by atoms with Gasteiger partial charge in [-0.25, -0.2) is 4.39 Å². The molecule has 3 rings (SSSR count). The van der Waals surface area contributed by atoms with Crippen molar-refractivity contribution in [2.45, 2.75) is 0 Å². The Bertz CT molecular complexity index is 923. The van der Waals surface area contributed by atoms with Crippen LogP contribution >= 0.6 is 11.3 Å². The molecule has 3 aromatic rings. The van der Waals surface area contributed by atoms with Gasteiger partial charge in [-0.15, -0.1) is 11.3 Å². The van der Waals surface area contributed by atoms with Gasteiger partial charge in [0, 0.05) is 16.0 Å². The Morgan fingerprint density at radius 2 is 1.58 bits per heavy atom. The maximum absolute atomic E-state index is 14.0. The first kappa shape index (κ1) is 17.9. The number of ether oxygens (including phenoxy) is 3. The monoisotopic (exact) mass is 372 g/mol. The zero-order chi connectivity index (χ0) is 18.7. The van der Waals surface area contributed by atoms with Gasteiger partial charge in [0.05, 0.1) is 26.2 Å². The van der Waals surface area contributed by atoms with Gasteiger partial charge in [-0.2, -0.15) is 0 Å². The largest absolute Gasteiger partial charge is 0.493 e. The lowest BCUT2D eigenvalue weighted by Crippen LogP contribution is -2.02. The molecule has 0 saturated carbocycles. The normalized spacial score (nSPS) is 10.5. The van der Waals surface area contributed by atoms with E-state index in [2.05, 4.69) is 0 Å². The van der Waals surface area contributed by atoms with Crippen molar-refractivity contribution in [2.75, 3.05) is 21.3 Å². The van der Waals surface area contributed by atoms with Crippen LogP contribution in [-0.2, 0) is 0 Å².